The zero-order valence-electron chi connectivity index (χ0n) is 12.6. The summed E-state index contributed by atoms with van der Waals surface area (Å²) >= 11 is 0. The zero-order chi connectivity index (χ0) is 14.3. The van der Waals surface area contributed by atoms with Gasteiger partial charge < -0.3 is 14.8 Å². The number of ether oxygens (including phenoxy) is 2. The van der Waals surface area contributed by atoms with E-state index in [1.807, 2.05) is 20.9 Å². The van der Waals surface area contributed by atoms with E-state index in [1.54, 1.807) is 7.11 Å². The molecule has 0 radical (unpaired) electrons. The first-order valence-electron chi connectivity index (χ1n) is 6.73. The van der Waals surface area contributed by atoms with E-state index in [2.05, 4.69) is 22.2 Å². The SMILES string of the molecule is CCCc1c(NC)ncnc1OCCC(C)(C)OC. The van der Waals surface area contributed by atoms with Crippen LogP contribution < -0.4 is 10.1 Å². The van der Waals surface area contributed by atoms with Gasteiger partial charge in [-0.15, -0.1) is 0 Å². The molecule has 5 heteroatoms. The molecule has 0 saturated heterocycles. The summed E-state index contributed by atoms with van der Waals surface area (Å²) in [6.45, 7) is 6.80. The molecule has 0 aliphatic heterocycles. The van der Waals surface area contributed by atoms with Crippen LogP contribution in [0.4, 0.5) is 5.82 Å². The third-order valence-corrected chi connectivity index (χ3v) is 3.14. The summed E-state index contributed by atoms with van der Waals surface area (Å²) in [6.07, 6.45) is 4.28. The normalized spacial score (nSPS) is 11.4. The van der Waals surface area contributed by atoms with Crippen molar-refractivity contribution < 1.29 is 9.47 Å². The Balaban J connectivity index is 2.72. The predicted molar refractivity (Wildman–Crippen MR) is 76.8 cm³/mol. The van der Waals surface area contributed by atoms with Crippen LogP contribution in [0.1, 0.15) is 39.2 Å². The maximum Gasteiger partial charge on any atom is 0.221 e. The lowest BCUT2D eigenvalue weighted by atomic mass is 10.1. The fraction of sp³-hybridized carbons (Fsp3) is 0.714. The molecule has 108 valence electrons. The second-order valence-corrected chi connectivity index (χ2v) is 5.07. The summed E-state index contributed by atoms with van der Waals surface area (Å²) in [4.78, 5) is 8.46. The Morgan fingerprint density at radius 1 is 1.32 bits per heavy atom. The number of rotatable bonds is 8. The molecule has 0 unspecified atom stereocenters. The number of hydrogen-bond acceptors (Lipinski definition) is 5. The van der Waals surface area contributed by atoms with Crippen molar-refractivity contribution in [3.05, 3.63) is 11.9 Å². The molecule has 1 heterocycles. The molecule has 0 fully saturated rings. The summed E-state index contributed by atoms with van der Waals surface area (Å²) in [5, 5.41) is 3.08. The minimum Gasteiger partial charge on any atom is -0.477 e. The maximum absolute atomic E-state index is 5.80. The molecule has 0 atom stereocenters. The molecule has 1 aromatic heterocycles. The van der Waals surface area contributed by atoms with Gasteiger partial charge in [0.25, 0.3) is 0 Å². The lowest BCUT2D eigenvalue weighted by Gasteiger charge is -2.23. The van der Waals surface area contributed by atoms with Crippen molar-refractivity contribution in [1.82, 2.24) is 9.97 Å². The number of methoxy groups -OCH3 is 1. The molecule has 0 aliphatic carbocycles. The summed E-state index contributed by atoms with van der Waals surface area (Å²) in [5.41, 5.74) is 0.867. The van der Waals surface area contributed by atoms with Gasteiger partial charge in [-0.3, -0.25) is 0 Å². The van der Waals surface area contributed by atoms with E-state index in [-0.39, 0.29) is 5.60 Å². The van der Waals surface area contributed by atoms with Crippen molar-refractivity contribution in [3.8, 4) is 5.88 Å². The van der Waals surface area contributed by atoms with Crippen molar-refractivity contribution in [3.63, 3.8) is 0 Å². The van der Waals surface area contributed by atoms with Gasteiger partial charge in [0.2, 0.25) is 5.88 Å². The summed E-state index contributed by atoms with van der Waals surface area (Å²) in [7, 11) is 3.58. The monoisotopic (exact) mass is 267 g/mol. The minimum atomic E-state index is -0.177. The van der Waals surface area contributed by atoms with Crippen LogP contribution in [0.2, 0.25) is 0 Å². The van der Waals surface area contributed by atoms with Gasteiger partial charge in [-0.1, -0.05) is 13.3 Å². The van der Waals surface area contributed by atoms with E-state index >= 15 is 0 Å². The number of hydrogen-bond donors (Lipinski definition) is 1. The quantitative estimate of drug-likeness (QED) is 0.784. The Morgan fingerprint density at radius 3 is 2.63 bits per heavy atom. The highest BCUT2D eigenvalue weighted by Crippen LogP contribution is 2.24. The van der Waals surface area contributed by atoms with Gasteiger partial charge in [0.1, 0.15) is 12.1 Å². The highest BCUT2D eigenvalue weighted by Gasteiger charge is 2.17. The van der Waals surface area contributed by atoms with Crippen LogP contribution in [0.3, 0.4) is 0 Å². The average molecular weight is 267 g/mol. The van der Waals surface area contributed by atoms with Crippen molar-refractivity contribution in [2.45, 2.75) is 45.6 Å². The van der Waals surface area contributed by atoms with Crippen LogP contribution in [0.15, 0.2) is 6.33 Å². The van der Waals surface area contributed by atoms with Crippen molar-refractivity contribution in [2.75, 3.05) is 26.1 Å². The average Bonchev–Trinajstić information content (AvgIpc) is 2.40. The standard InChI is InChI=1S/C14H25N3O2/c1-6-7-11-12(15-4)16-10-17-13(11)19-9-8-14(2,3)18-5/h10H,6-9H2,1-5H3,(H,15,16,17). The van der Waals surface area contributed by atoms with E-state index in [0.717, 1.165) is 30.6 Å². The summed E-state index contributed by atoms with van der Waals surface area (Å²) < 4.78 is 11.2. The molecule has 0 amide bonds. The van der Waals surface area contributed by atoms with Crippen LogP contribution in [0.5, 0.6) is 5.88 Å². The van der Waals surface area contributed by atoms with E-state index in [9.17, 15) is 0 Å². The second-order valence-electron chi connectivity index (χ2n) is 5.07. The third kappa shape index (κ3) is 4.67. The predicted octanol–water partition coefficient (Wildman–Crippen LogP) is 2.66. The molecule has 1 N–H and O–H groups in total. The molecule has 19 heavy (non-hydrogen) atoms. The van der Waals surface area contributed by atoms with Gasteiger partial charge in [0, 0.05) is 20.6 Å². The molecule has 1 rings (SSSR count). The van der Waals surface area contributed by atoms with Crippen molar-refractivity contribution in [2.24, 2.45) is 0 Å². The zero-order valence-corrected chi connectivity index (χ0v) is 12.6. The van der Waals surface area contributed by atoms with E-state index in [1.165, 1.54) is 6.33 Å². The molecular weight excluding hydrogens is 242 g/mol. The van der Waals surface area contributed by atoms with Gasteiger partial charge in [0.15, 0.2) is 0 Å². The smallest absolute Gasteiger partial charge is 0.221 e. The van der Waals surface area contributed by atoms with Gasteiger partial charge in [-0.05, 0) is 20.3 Å². The van der Waals surface area contributed by atoms with E-state index in [4.69, 9.17) is 9.47 Å². The topological polar surface area (TPSA) is 56.3 Å². The van der Waals surface area contributed by atoms with E-state index < -0.39 is 0 Å². The number of nitrogens with one attached hydrogen (secondary N) is 1. The van der Waals surface area contributed by atoms with Gasteiger partial charge >= 0.3 is 0 Å². The first-order chi connectivity index (χ1) is 9.04. The van der Waals surface area contributed by atoms with Gasteiger partial charge in [0.05, 0.1) is 17.8 Å². The van der Waals surface area contributed by atoms with Crippen LogP contribution in [0, 0.1) is 0 Å². The molecule has 0 spiro atoms. The first kappa shape index (κ1) is 15.7. The van der Waals surface area contributed by atoms with Gasteiger partial charge in [-0.2, -0.15) is 0 Å². The van der Waals surface area contributed by atoms with Gasteiger partial charge in [-0.25, -0.2) is 9.97 Å². The maximum atomic E-state index is 5.80. The largest absolute Gasteiger partial charge is 0.477 e. The Morgan fingerprint density at radius 2 is 2.05 bits per heavy atom. The van der Waals surface area contributed by atoms with E-state index in [0.29, 0.717) is 12.5 Å². The fourth-order valence-corrected chi connectivity index (χ4v) is 1.71. The van der Waals surface area contributed by atoms with Crippen LogP contribution in [-0.4, -0.2) is 36.3 Å². The Labute approximate surface area is 115 Å². The molecule has 5 nitrogen and oxygen atoms in total. The number of anilines is 1. The molecular formula is C14H25N3O2. The lowest BCUT2D eigenvalue weighted by Crippen LogP contribution is -2.25. The highest BCUT2D eigenvalue weighted by molar-refractivity contribution is 5.48. The lowest BCUT2D eigenvalue weighted by molar-refractivity contribution is 0.00499. The molecule has 1 aromatic rings. The van der Waals surface area contributed by atoms with Crippen LogP contribution in [-0.2, 0) is 11.2 Å². The third-order valence-electron chi connectivity index (χ3n) is 3.14. The molecule has 0 aliphatic rings. The number of nitrogens with zero attached hydrogens (tertiary/aromatic N) is 2. The highest BCUT2D eigenvalue weighted by atomic mass is 16.5. The fourth-order valence-electron chi connectivity index (χ4n) is 1.71. The second kappa shape index (κ2) is 7.28. The molecule has 0 saturated carbocycles. The van der Waals surface area contributed by atoms with Crippen molar-refractivity contribution >= 4 is 5.82 Å². The Bertz CT molecular complexity index is 394. The number of aromatic nitrogens is 2. The molecule has 0 aromatic carbocycles. The molecule has 0 bridgehead atoms. The van der Waals surface area contributed by atoms with Crippen molar-refractivity contribution in [1.29, 1.82) is 0 Å². The first-order valence-corrected chi connectivity index (χ1v) is 6.73. The Hall–Kier alpha value is -1.36. The minimum absolute atomic E-state index is 0.177. The van der Waals surface area contributed by atoms with Crippen LogP contribution >= 0.6 is 0 Å². The Kier molecular flexibility index (Phi) is 6.02. The van der Waals surface area contributed by atoms with Crippen LogP contribution in [0.25, 0.3) is 0 Å². The summed E-state index contributed by atoms with van der Waals surface area (Å²) in [6, 6.07) is 0. The summed E-state index contributed by atoms with van der Waals surface area (Å²) in [5.74, 6) is 1.52.